The highest BCUT2D eigenvalue weighted by molar-refractivity contribution is 14.0. The maximum Gasteiger partial charge on any atom is 0.193 e. The molecule has 0 bridgehead atoms. The zero-order chi connectivity index (χ0) is 17.8. The van der Waals surface area contributed by atoms with E-state index in [-0.39, 0.29) is 24.0 Å². The molecule has 2 aromatic carbocycles. The van der Waals surface area contributed by atoms with Crippen LogP contribution in [0.15, 0.2) is 66.2 Å². The topological polar surface area (TPSA) is 68.2 Å². The number of imidazole rings is 1. The van der Waals surface area contributed by atoms with E-state index in [2.05, 4.69) is 57.8 Å². The minimum atomic E-state index is 0. The molecule has 4 rings (SSSR count). The molecular weight excluding hydrogens is 449 g/mol. The van der Waals surface area contributed by atoms with Gasteiger partial charge in [0.2, 0.25) is 0 Å². The van der Waals surface area contributed by atoms with Crippen LogP contribution in [0.2, 0.25) is 0 Å². The molecule has 1 heterocycles. The number of nitrogens with two attached hydrogens (primary N) is 1. The standard InChI is InChI=1S/C21H23N5.HI/c22-21(25-20-8-7-18-5-2-6-19(18)12-20)24-13-16-3-1-4-17(11-16)14-26-10-9-23-15-26;/h1,3-4,7-12,15H,2,5-6,13-14H2,(H3,22,24,25);1H. The lowest BCUT2D eigenvalue weighted by Crippen LogP contribution is -2.22. The van der Waals surface area contributed by atoms with Crippen LogP contribution in [0.25, 0.3) is 0 Å². The van der Waals surface area contributed by atoms with Gasteiger partial charge in [-0.05, 0) is 53.6 Å². The van der Waals surface area contributed by atoms with Gasteiger partial charge in [0.1, 0.15) is 0 Å². The summed E-state index contributed by atoms with van der Waals surface area (Å²) in [5.41, 5.74) is 12.3. The number of nitrogens with one attached hydrogen (secondary N) is 1. The van der Waals surface area contributed by atoms with Crippen molar-refractivity contribution in [2.45, 2.75) is 32.4 Å². The first-order chi connectivity index (χ1) is 12.8. The van der Waals surface area contributed by atoms with Gasteiger partial charge in [0.25, 0.3) is 0 Å². The van der Waals surface area contributed by atoms with E-state index in [0.29, 0.717) is 12.5 Å². The summed E-state index contributed by atoms with van der Waals surface area (Å²) < 4.78 is 2.05. The molecule has 0 aliphatic heterocycles. The summed E-state index contributed by atoms with van der Waals surface area (Å²) in [6.45, 7) is 1.36. The summed E-state index contributed by atoms with van der Waals surface area (Å²) in [5.74, 6) is 0.447. The van der Waals surface area contributed by atoms with E-state index in [9.17, 15) is 0 Å². The van der Waals surface area contributed by atoms with Crippen molar-refractivity contribution in [2.24, 2.45) is 10.7 Å². The summed E-state index contributed by atoms with van der Waals surface area (Å²) in [6, 6.07) is 14.9. The summed E-state index contributed by atoms with van der Waals surface area (Å²) in [6.07, 6.45) is 9.17. The normalized spacial score (nSPS) is 13.1. The highest BCUT2D eigenvalue weighted by atomic mass is 127. The molecule has 1 aliphatic carbocycles. The number of aliphatic imine (C=N–C) groups is 1. The molecule has 0 amide bonds. The number of hydrogen-bond acceptors (Lipinski definition) is 2. The molecule has 3 aromatic rings. The summed E-state index contributed by atoms with van der Waals surface area (Å²) in [4.78, 5) is 8.56. The molecule has 0 radical (unpaired) electrons. The third-order valence-electron chi connectivity index (χ3n) is 4.72. The SMILES string of the molecule is I.NC(=NCc1cccc(Cn2ccnc2)c1)Nc1ccc2c(c1)CCC2. The second kappa shape index (κ2) is 9.03. The second-order valence-electron chi connectivity index (χ2n) is 6.72. The molecule has 0 atom stereocenters. The fraction of sp³-hybridized carbons (Fsp3) is 0.238. The molecule has 6 heteroatoms. The molecular formula is C21H24IN5. The molecule has 1 aromatic heterocycles. The van der Waals surface area contributed by atoms with E-state index >= 15 is 0 Å². The predicted molar refractivity (Wildman–Crippen MR) is 121 cm³/mol. The molecule has 0 fully saturated rings. The van der Waals surface area contributed by atoms with Crippen LogP contribution in [-0.4, -0.2) is 15.5 Å². The van der Waals surface area contributed by atoms with Crippen molar-refractivity contribution in [3.8, 4) is 0 Å². The number of aromatic nitrogens is 2. The first-order valence-electron chi connectivity index (χ1n) is 8.98. The molecule has 1 aliphatic rings. The Kier molecular flexibility index (Phi) is 6.49. The van der Waals surface area contributed by atoms with Crippen LogP contribution in [0.3, 0.4) is 0 Å². The number of aryl methyl sites for hydroxylation is 2. The maximum atomic E-state index is 6.07. The Morgan fingerprint density at radius 3 is 2.81 bits per heavy atom. The number of nitrogens with zero attached hydrogens (tertiary/aromatic N) is 3. The van der Waals surface area contributed by atoms with Gasteiger partial charge in [-0.2, -0.15) is 0 Å². The van der Waals surface area contributed by atoms with Gasteiger partial charge in [-0.3, -0.25) is 0 Å². The van der Waals surface area contributed by atoms with Gasteiger partial charge in [-0.15, -0.1) is 24.0 Å². The summed E-state index contributed by atoms with van der Waals surface area (Å²) >= 11 is 0. The van der Waals surface area contributed by atoms with E-state index in [1.165, 1.54) is 29.5 Å². The Hall–Kier alpha value is -2.35. The van der Waals surface area contributed by atoms with Crippen LogP contribution in [0.4, 0.5) is 5.69 Å². The van der Waals surface area contributed by atoms with Gasteiger partial charge in [0.05, 0.1) is 12.9 Å². The third kappa shape index (κ3) is 5.09. The highest BCUT2D eigenvalue weighted by Gasteiger charge is 2.10. The van der Waals surface area contributed by atoms with Crippen molar-refractivity contribution < 1.29 is 0 Å². The Labute approximate surface area is 176 Å². The molecule has 5 nitrogen and oxygen atoms in total. The lowest BCUT2D eigenvalue weighted by atomic mass is 10.1. The minimum absolute atomic E-state index is 0. The maximum absolute atomic E-state index is 6.07. The van der Waals surface area contributed by atoms with E-state index in [1.54, 1.807) is 6.20 Å². The molecule has 0 unspecified atom stereocenters. The van der Waals surface area contributed by atoms with Gasteiger partial charge < -0.3 is 15.6 Å². The van der Waals surface area contributed by atoms with Crippen LogP contribution in [-0.2, 0) is 25.9 Å². The fourth-order valence-electron chi connectivity index (χ4n) is 3.43. The largest absolute Gasteiger partial charge is 0.370 e. The smallest absolute Gasteiger partial charge is 0.193 e. The Morgan fingerprint density at radius 1 is 1.11 bits per heavy atom. The zero-order valence-corrected chi connectivity index (χ0v) is 17.5. The number of anilines is 1. The van der Waals surface area contributed by atoms with Crippen LogP contribution < -0.4 is 11.1 Å². The van der Waals surface area contributed by atoms with Crippen molar-refractivity contribution in [3.63, 3.8) is 0 Å². The number of hydrogen-bond donors (Lipinski definition) is 2. The lowest BCUT2D eigenvalue weighted by Gasteiger charge is -2.08. The van der Waals surface area contributed by atoms with Gasteiger partial charge in [0.15, 0.2) is 5.96 Å². The Balaban J connectivity index is 0.00000210. The lowest BCUT2D eigenvalue weighted by molar-refractivity contribution is 0.795. The molecule has 3 N–H and O–H groups in total. The minimum Gasteiger partial charge on any atom is -0.370 e. The first-order valence-corrected chi connectivity index (χ1v) is 8.98. The van der Waals surface area contributed by atoms with E-state index in [4.69, 9.17) is 5.73 Å². The molecule has 0 spiro atoms. The summed E-state index contributed by atoms with van der Waals surface area (Å²) in [7, 11) is 0. The first kappa shape index (κ1) is 19.4. The number of benzene rings is 2. The average Bonchev–Trinajstić information content (AvgIpc) is 3.31. The number of guanidine groups is 1. The quantitative estimate of drug-likeness (QED) is 0.335. The van der Waals surface area contributed by atoms with Crippen molar-refractivity contribution >= 4 is 35.6 Å². The van der Waals surface area contributed by atoms with E-state index < -0.39 is 0 Å². The number of fused-ring (bicyclic) bond motifs is 1. The fourth-order valence-corrected chi connectivity index (χ4v) is 3.43. The monoisotopic (exact) mass is 473 g/mol. The van der Waals surface area contributed by atoms with Gasteiger partial charge >= 0.3 is 0 Å². The average molecular weight is 473 g/mol. The van der Waals surface area contributed by atoms with Gasteiger partial charge in [0, 0.05) is 24.6 Å². The van der Waals surface area contributed by atoms with E-state index in [1.807, 2.05) is 17.1 Å². The number of rotatable bonds is 5. The van der Waals surface area contributed by atoms with Crippen LogP contribution in [0.5, 0.6) is 0 Å². The summed E-state index contributed by atoms with van der Waals surface area (Å²) in [5, 5.41) is 3.21. The highest BCUT2D eigenvalue weighted by Crippen LogP contribution is 2.24. The van der Waals surface area contributed by atoms with E-state index in [0.717, 1.165) is 24.2 Å². The predicted octanol–water partition coefficient (Wildman–Crippen LogP) is 3.96. The van der Waals surface area contributed by atoms with Crippen molar-refractivity contribution in [3.05, 3.63) is 83.4 Å². The van der Waals surface area contributed by atoms with Gasteiger partial charge in [-0.1, -0.05) is 30.3 Å². The third-order valence-corrected chi connectivity index (χ3v) is 4.72. The Morgan fingerprint density at radius 2 is 1.96 bits per heavy atom. The van der Waals surface area contributed by atoms with Gasteiger partial charge in [-0.25, -0.2) is 9.98 Å². The molecule has 27 heavy (non-hydrogen) atoms. The second-order valence-corrected chi connectivity index (χ2v) is 6.72. The van der Waals surface area contributed by atoms with Crippen molar-refractivity contribution in [1.82, 2.24) is 9.55 Å². The molecule has 0 saturated carbocycles. The molecule has 140 valence electrons. The van der Waals surface area contributed by atoms with Crippen LogP contribution in [0, 0.1) is 0 Å². The van der Waals surface area contributed by atoms with Crippen LogP contribution >= 0.6 is 24.0 Å². The molecule has 0 saturated heterocycles. The van der Waals surface area contributed by atoms with Crippen molar-refractivity contribution in [2.75, 3.05) is 5.32 Å². The zero-order valence-electron chi connectivity index (χ0n) is 15.1. The Bertz CT molecular complexity index is 918. The van der Waals surface area contributed by atoms with Crippen LogP contribution in [0.1, 0.15) is 28.7 Å². The number of halogens is 1. The van der Waals surface area contributed by atoms with Crippen molar-refractivity contribution in [1.29, 1.82) is 0 Å².